The van der Waals surface area contributed by atoms with E-state index in [-0.39, 0.29) is 17.4 Å². The number of thioether (sulfide) groups is 1. The van der Waals surface area contributed by atoms with Gasteiger partial charge in [-0.15, -0.1) is 11.8 Å². The van der Waals surface area contributed by atoms with Crippen molar-refractivity contribution in [2.75, 3.05) is 5.75 Å². The number of nitrogens with one attached hydrogen (secondary N) is 1. The van der Waals surface area contributed by atoms with Crippen LogP contribution in [0.15, 0.2) is 52.5 Å². The molecule has 0 unspecified atom stereocenters. The van der Waals surface area contributed by atoms with E-state index in [1.54, 1.807) is 30.5 Å². The van der Waals surface area contributed by atoms with E-state index < -0.39 is 0 Å². The van der Waals surface area contributed by atoms with Crippen LogP contribution in [0.1, 0.15) is 22.4 Å². The quantitative estimate of drug-likeness (QED) is 0.397. The summed E-state index contributed by atoms with van der Waals surface area (Å²) in [7, 11) is 0. The zero-order valence-electron chi connectivity index (χ0n) is 15.5. The zero-order chi connectivity index (χ0) is 19.4. The summed E-state index contributed by atoms with van der Waals surface area (Å²) in [6.45, 7) is 6.08. The molecule has 2 N–H and O–H groups in total. The van der Waals surface area contributed by atoms with Gasteiger partial charge in [-0.05, 0) is 68.3 Å². The Bertz CT molecular complexity index is 1010. The first-order valence-corrected chi connectivity index (χ1v) is 9.53. The number of amides is 1. The van der Waals surface area contributed by atoms with Crippen molar-refractivity contribution in [1.29, 1.82) is 0 Å². The molecule has 0 fully saturated rings. The van der Waals surface area contributed by atoms with Crippen molar-refractivity contribution in [3.05, 3.63) is 64.8 Å². The van der Waals surface area contributed by atoms with Crippen molar-refractivity contribution in [3.8, 4) is 5.75 Å². The van der Waals surface area contributed by atoms with Crippen LogP contribution in [-0.2, 0) is 4.79 Å². The molecule has 3 rings (SSSR count). The zero-order valence-corrected chi connectivity index (χ0v) is 16.3. The van der Waals surface area contributed by atoms with E-state index in [2.05, 4.69) is 41.5 Å². The molecule has 0 atom stereocenters. The topological polar surface area (TPSA) is 74.6 Å². The minimum atomic E-state index is -0.179. The van der Waals surface area contributed by atoms with Gasteiger partial charge in [-0.3, -0.25) is 9.78 Å². The third kappa shape index (κ3) is 4.86. The minimum Gasteiger partial charge on any atom is -0.508 e. The SMILES string of the molecule is Cc1cc(C)c2nc(C)cc(SCC(=O)N/N=C\c3ccc(O)cc3)c2c1. The molecule has 6 heteroatoms. The monoisotopic (exact) mass is 379 g/mol. The number of nitrogens with zero attached hydrogens (tertiary/aromatic N) is 2. The first kappa shape index (κ1) is 18.9. The normalized spacial score (nSPS) is 11.2. The van der Waals surface area contributed by atoms with Crippen molar-refractivity contribution in [1.82, 2.24) is 10.4 Å². The molecule has 1 amide bonds. The number of hydrogen-bond donors (Lipinski definition) is 2. The Morgan fingerprint density at radius 3 is 2.67 bits per heavy atom. The lowest BCUT2D eigenvalue weighted by Crippen LogP contribution is -2.19. The number of aryl methyl sites for hydroxylation is 3. The van der Waals surface area contributed by atoms with Gasteiger partial charge >= 0.3 is 0 Å². The summed E-state index contributed by atoms with van der Waals surface area (Å²) in [5.74, 6) is 0.276. The standard InChI is InChI=1S/C21H21N3O2S/c1-13-8-14(2)21-18(9-13)19(10-15(3)23-21)27-12-20(26)24-22-11-16-4-6-17(25)7-5-16/h4-11,25H,12H2,1-3H3,(H,24,26)/b22-11-. The fourth-order valence-electron chi connectivity index (χ4n) is 2.81. The summed E-state index contributed by atoms with van der Waals surface area (Å²) in [5.41, 5.74) is 7.55. The number of hydrogen-bond acceptors (Lipinski definition) is 5. The first-order chi connectivity index (χ1) is 12.9. The second kappa shape index (κ2) is 8.22. The van der Waals surface area contributed by atoms with Crippen molar-refractivity contribution < 1.29 is 9.90 Å². The van der Waals surface area contributed by atoms with Gasteiger partial charge in [-0.1, -0.05) is 11.6 Å². The number of fused-ring (bicyclic) bond motifs is 1. The number of aromatic nitrogens is 1. The second-order valence-electron chi connectivity index (χ2n) is 6.41. The average Bonchev–Trinajstić information content (AvgIpc) is 2.62. The van der Waals surface area contributed by atoms with Crippen LogP contribution in [0.2, 0.25) is 0 Å². The number of phenolic OH excluding ortho intramolecular Hbond substituents is 1. The molecule has 3 aromatic rings. The van der Waals surface area contributed by atoms with Crippen LogP contribution in [0.4, 0.5) is 0 Å². The summed E-state index contributed by atoms with van der Waals surface area (Å²) < 4.78 is 0. The van der Waals surface area contributed by atoms with E-state index in [1.807, 2.05) is 13.0 Å². The molecule has 0 bridgehead atoms. The highest BCUT2D eigenvalue weighted by Gasteiger charge is 2.10. The molecule has 1 heterocycles. The van der Waals surface area contributed by atoms with Crippen LogP contribution in [0.25, 0.3) is 10.9 Å². The maximum absolute atomic E-state index is 12.1. The van der Waals surface area contributed by atoms with E-state index >= 15 is 0 Å². The molecule has 5 nitrogen and oxygen atoms in total. The third-order valence-corrected chi connectivity index (χ3v) is 5.05. The Labute approximate surface area is 162 Å². The van der Waals surface area contributed by atoms with Crippen molar-refractivity contribution in [3.63, 3.8) is 0 Å². The van der Waals surface area contributed by atoms with Crippen molar-refractivity contribution >= 4 is 34.8 Å². The Hall–Kier alpha value is -2.86. The van der Waals surface area contributed by atoms with E-state index in [4.69, 9.17) is 0 Å². The molecule has 0 radical (unpaired) electrons. The number of carbonyl (C=O) groups is 1. The van der Waals surface area contributed by atoms with Crippen LogP contribution in [-0.4, -0.2) is 28.0 Å². The molecule has 0 aliphatic heterocycles. The summed E-state index contributed by atoms with van der Waals surface area (Å²) >= 11 is 1.48. The molecule has 0 saturated heterocycles. The second-order valence-corrected chi connectivity index (χ2v) is 7.43. The number of benzene rings is 2. The van der Waals surface area contributed by atoms with Gasteiger partial charge < -0.3 is 5.11 Å². The number of aromatic hydroxyl groups is 1. The van der Waals surface area contributed by atoms with E-state index in [0.717, 1.165) is 32.6 Å². The van der Waals surface area contributed by atoms with Gasteiger partial charge in [0.2, 0.25) is 5.91 Å². The predicted molar refractivity (Wildman–Crippen MR) is 111 cm³/mol. The summed E-state index contributed by atoms with van der Waals surface area (Å²) in [6.07, 6.45) is 1.54. The smallest absolute Gasteiger partial charge is 0.250 e. The van der Waals surface area contributed by atoms with E-state index in [1.165, 1.54) is 17.3 Å². The van der Waals surface area contributed by atoms with Gasteiger partial charge in [-0.2, -0.15) is 5.10 Å². The lowest BCUT2D eigenvalue weighted by Gasteiger charge is -2.10. The molecule has 27 heavy (non-hydrogen) atoms. The highest BCUT2D eigenvalue weighted by Crippen LogP contribution is 2.30. The van der Waals surface area contributed by atoms with Gasteiger partial charge in [0, 0.05) is 16.0 Å². The lowest BCUT2D eigenvalue weighted by atomic mass is 10.1. The van der Waals surface area contributed by atoms with Gasteiger partial charge in [0.1, 0.15) is 5.75 Å². The summed E-state index contributed by atoms with van der Waals surface area (Å²) in [6, 6.07) is 12.8. The summed E-state index contributed by atoms with van der Waals surface area (Å²) in [4.78, 5) is 17.8. The number of rotatable bonds is 5. The van der Waals surface area contributed by atoms with Gasteiger partial charge in [-0.25, -0.2) is 5.43 Å². The Balaban J connectivity index is 1.67. The number of hydrazone groups is 1. The van der Waals surface area contributed by atoms with Gasteiger partial charge in [0.15, 0.2) is 0 Å². The Morgan fingerprint density at radius 2 is 1.93 bits per heavy atom. The lowest BCUT2D eigenvalue weighted by molar-refractivity contribution is -0.118. The van der Waals surface area contributed by atoms with Gasteiger partial charge in [0.05, 0.1) is 17.5 Å². The molecule has 2 aromatic carbocycles. The van der Waals surface area contributed by atoms with Crippen LogP contribution >= 0.6 is 11.8 Å². The van der Waals surface area contributed by atoms with Gasteiger partial charge in [0.25, 0.3) is 0 Å². The number of phenols is 1. The fourth-order valence-corrected chi connectivity index (χ4v) is 3.72. The highest BCUT2D eigenvalue weighted by molar-refractivity contribution is 8.00. The maximum Gasteiger partial charge on any atom is 0.250 e. The van der Waals surface area contributed by atoms with Crippen LogP contribution in [0.5, 0.6) is 5.75 Å². The molecule has 0 aliphatic carbocycles. The summed E-state index contributed by atoms with van der Waals surface area (Å²) in [5, 5.41) is 14.3. The first-order valence-electron chi connectivity index (χ1n) is 8.55. The maximum atomic E-state index is 12.1. The molecular weight excluding hydrogens is 358 g/mol. The van der Waals surface area contributed by atoms with Crippen LogP contribution in [0, 0.1) is 20.8 Å². The highest BCUT2D eigenvalue weighted by atomic mass is 32.2. The number of pyridine rings is 1. The van der Waals surface area contributed by atoms with E-state index in [0.29, 0.717) is 0 Å². The van der Waals surface area contributed by atoms with Crippen molar-refractivity contribution in [2.45, 2.75) is 25.7 Å². The van der Waals surface area contributed by atoms with E-state index in [9.17, 15) is 9.90 Å². The molecule has 1 aromatic heterocycles. The molecule has 0 aliphatic rings. The predicted octanol–water partition coefficient (Wildman–Crippen LogP) is 4.11. The molecular formula is C21H21N3O2S. The fraction of sp³-hybridized carbons (Fsp3) is 0.190. The number of carbonyl (C=O) groups excluding carboxylic acids is 1. The van der Waals surface area contributed by atoms with Crippen molar-refractivity contribution in [2.24, 2.45) is 5.10 Å². The van der Waals surface area contributed by atoms with Crippen LogP contribution in [0.3, 0.4) is 0 Å². The average molecular weight is 379 g/mol. The largest absolute Gasteiger partial charge is 0.508 e. The molecule has 138 valence electrons. The Kier molecular flexibility index (Phi) is 5.76. The third-order valence-electron chi connectivity index (χ3n) is 3.99. The molecule has 0 spiro atoms. The minimum absolute atomic E-state index is 0.179. The van der Waals surface area contributed by atoms with Crippen LogP contribution < -0.4 is 5.43 Å². The Morgan fingerprint density at radius 1 is 1.19 bits per heavy atom. The molecule has 0 saturated carbocycles.